The summed E-state index contributed by atoms with van der Waals surface area (Å²) in [5, 5.41) is 3.22. The van der Waals surface area contributed by atoms with E-state index in [9.17, 15) is 9.59 Å². The van der Waals surface area contributed by atoms with Gasteiger partial charge in [-0.15, -0.1) is 0 Å². The normalized spacial score (nSPS) is 26.1. The van der Waals surface area contributed by atoms with Crippen LogP contribution in [0, 0.1) is 0 Å². The fourth-order valence-corrected chi connectivity index (χ4v) is 2.46. The number of piperazine rings is 1. The van der Waals surface area contributed by atoms with Gasteiger partial charge in [-0.25, -0.2) is 0 Å². The maximum Gasteiger partial charge on any atom is 0.239 e. The van der Waals surface area contributed by atoms with Gasteiger partial charge in [0.15, 0.2) is 0 Å². The van der Waals surface area contributed by atoms with Crippen LogP contribution in [-0.2, 0) is 9.59 Å². The molecule has 6 nitrogen and oxygen atoms in total. The van der Waals surface area contributed by atoms with Crippen molar-refractivity contribution in [3.05, 3.63) is 0 Å². The molecule has 6 heteroatoms. The van der Waals surface area contributed by atoms with E-state index >= 15 is 0 Å². The van der Waals surface area contributed by atoms with Gasteiger partial charge in [0.1, 0.15) is 0 Å². The van der Waals surface area contributed by atoms with Gasteiger partial charge in [0.05, 0.1) is 12.6 Å². The van der Waals surface area contributed by atoms with Gasteiger partial charge in [-0.1, -0.05) is 0 Å². The number of hydrogen-bond donors (Lipinski definition) is 2. The molecule has 0 aromatic carbocycles. The fourth-order valence-electron chi connectivity index (χ4n) is 2.46. The van der Waals surface area contributed by atoms with Crippen molar-refractivity contribution in [2.75, 3.05) is 39.3 Å². The van der Waals surface area contributed by atoms with E-state index < -0.39 is 0 Å². The first-order valence-electron chi connectivity index (χ1n) is 6.19. The Morgan fingerprint density at radius 1 is 1.24 bits per heavy atom. The molecule has 2 aliphatic heterocycles. The number of carbonyl (C=O) groups excluding carboxylic acids is 2. The van der Waals surface area contributed by atoms with Crippen molar-refractivity contribution in [3.8, 4) is 0 Å². The Bertz CT molecular complexity index is 294. The molecular weight excluding hydrogens is 220 g/mol. The van der Waals surface area contributed by atoms with E-state index in [1.807, 2.05) is 9.80 Å². The number of primary amides is 1. The van der Waals surface area contributed by atoms with E-state index in [-0.39, 0.29) is 17.9 Å². The number of nitrogens with zero attached hydrogens (tertiary/aromatic N) is 2. The molecular formula is C11H20N4O2. The lowest BCUT2D eigenvalue weighted by molar-refractivity contribution is -0.135. The highest BCUT2D eigenvalue weighted by atomic mass is 16.2. The third-order valence-corrected chi connectivity index (χ3v) is 3.42. The van der Waals surface area contributed by atoms with Crippen LogP contribution in [-0.4, -0.2) is 66.9 Å². The van der Waals surface area contributed by atoms with Crippen molar-refractivity contribution in [3.63, 3.8) is 0 Å². The predicted molar refractivity (Wildman–Crippen MR) is 63.2 cm³/mol. The van der Waals surface area contributed by atoms with Crippen molar-refractivity contribution in [1.82, 2.24) is 15.1 Å². The third kappa shape index (κ3) is 3.17. The number of nitrogens with two attached hydrogens (primary N) is 1. The minimum Gasteiger partial charge on any atom is -0.369 e. The molecule has 2 rings (SSSR count). The number of rotatable bonds is 3. The lowest BCUT2D eigenvalue weighted by atomic mass is 10.2. The molecule has 17 heavy (non-hydrogen) atoms. The molecule has 0 aromatic heterocycles. The predicted octanol–water partition coefficient (Wildman–Crippen LogP) is -1.63. The third-order valence-electron chi connectivity index (χ3n) is 3.42. The van der Waals surface area contributed by atoms with Gasteiger partial charge in [-0.2, -0.15) is 0 Å². The molecule has 2 fully saturated rings. The Hall–Kier alpha value is -1.14. The summed E-state index contributed by atoms with van der Waals surface area (Å²) in [6.45, 7) is 4.11. The van der Waals surface area contributed by atoms with E-state index in [4.69, 9.17) is 5.73 Å². The largest absolute Gasteiger partial charge is 0.369 e. The molecule has 0 aromatic rings. The first-order valence-corrected chi connectivity index (χ1v) is 6.19. The monoisotopic (exact) mass is 240 g/mol. The van der Waals surface area contributed by atoms with Crippen LogP contribution in [0.25, 0.3) is 0 Å². The number of nitrogens with one attached hydrogen (secondary N) is 1. The zero-order valence-corrected chi connectivity index (χ0v) is 10.0. The number of amides is 2. The molecule has 96 valence electrons. The van der Waals surface area contributed by atoms with Gasteiger partial charge in [0.2, 0.25) is 11.8 Å². The fraction of sp³-hybridized carbons (Fsp3) is 0.818. The van der Waals surface area contributed by atoms with Gasteiger partial charge < -0.3 is 16.0 Å². The second kappa shape index (κ2) is 5.46. The summed E-state index contributed by atoms with van der Waals surface area (Å²) in [7, 11) is 0. The molecule has 3 N–H and O–H groups in total. The minimum absolute atomic E-state index is 0.0118. The van der Waals surface area contributed by atoms with E-state index in [1.165, 1.54) is 0 Å². The average Bonchev–Trinajstić information content (AvgIpc) is 2.82. The van der Waals surface area contributed by atoms with Crippen LogP contribution in [0.5, 0.6) is 0 Å². The topological polar surface area (TPSA) is 78.7 Å². The first-order chi connectivity index (χ1) is 8.16. The summed E-state index contributed by atoms with van der Waals surface area (Å²) in [5.74, 6) is -0.0940. The maximum absolute atomic E-state index is 12.1. The zero-order valence-electron chi connectivity index (χ0n) is 10.0. The van der Waals surface area contributed by atoms with Crippen molar-refractivity contribution >= 4 is 11.8 Å². The molecule has 2 amide bonds. The molecule has 0 radical (unpaired) electrons. The summed E-state index contributed by atoms with van der Waals surface area (Å²) in [4.78, 5) is 26.7. The smallest absolute Gasteiger partial charge is 0.239 e. The van der Waals surface area contributed by atoms with Crippen LogP contribution < -0.4 is 11.1 Å². The van der Waals surface area contributed by atoms with Crippen LogP contribution in [0.3, 0.4) is 0 Å². The molecule has 0 aliphatic carbocycles. The highest BCUT2D eigenvalue weighted by molar-refractivity contribution is 5.82. The lowest BCUT2D eigenvalue weighted by Crippen LogP contribution is -2.54. The van der Waals surface area contributed by atoms with Crippen LogP contribution >= 0.6 is 0 Å². The summed E-state index contributed by atoms with van der Waals surface area (Å²) < 4.78 is 0. The average molecular weight is 240 g/mol. The Kier molecular flexibility index (Phi) is 3.96. The van der Waals surface area contributed by atoms with Gasteiger partial charge in [-0.05, 0) is 19.4 Å². The van der Waals surface area contributed by atoms with E-state index in [0.29, 0.717) is 19.6 Å². The summed E-state index contributed by atoms with van der Waals surface area (Å²) in [5.41, 5.74) is 5.15. The minimum atomic E-state index is -0.303. The summed E-state index contributed by atoms with van der Waals surface area (Å²) in [6.07, 6.45) is 2.03. The van der Waals surface area contributed by atoms with E-state index in [2.05, 4.69) is 5.32 Å². The van der Waals surface area contributed by atoms with E-state index in [0.717, 1.165) is 32.5 Å². The van der Waals surface area contributed by atoms with Crippen LogP contribution in [0.15, 0.2) is 0 Å². The van der Waals surface area contributed by atoms with Crippen LogP contribution in [0.1, 0.15) is 12.8 Å². The van der Waals surface area contributed by atoms with E-state index in [1.54, 1.807) is 0 Å². The lowest BCUT2D eigenvalue weighted by Gasteiger charge is -2.35. The standard InChI is InChI=1S/C11H20N4O2/c12-10(16)8-14-4-6-15(7-5-14)11(17)9-2-1-3-13-9/h9,13H,1-8H2,(H2,12,16). The number of hydrogen-bond acceptors (Lipinski definition) is 4. The molecule has 0 spiro atoms. The molecule has 2 saturated heterocycles. The Morgan fingerprint density at radius 2 is 1.94 bits per heavy atom. The molecule has 0 bridgehead atoms. The van der Waals surface area contributed by atoms with Crippen molar-refractivity contribution in [2.24, 2.45) is 5.73 Å². The van der Waals surface area contributed by atoms with Gasteiger partial charge >= 0.3 is 0 Å². The van der Waals surface area contributed by atoms with Gasteiger partial charge in [-0.3, -0.25) is 14.5 Å². The molecule has 2 heterocycles. The Morgan fingerprint density at radius 3 is 2.47 bits per heavy atom. The molecule has 2 aliphatic rings. The quantitative estimate of drug-likeness (QED) is 0.621. The Balaban J connectivity index is 1.78. The van der Waals surface area contributed by atoms with Crippen molar-refractivity contribution in [1.29, 1.82) is 0 Å². The van der Waals surface area contributed by atoms with Crippen molar-refractivity contribution in [2.45, 2.75) is 18.9 Å². The number of carbonyl (C=O) groups is 2. The maximum atomic E-state index is 12.1. The summed E-state index contributed by atoms with van der Waals surface area (Å²) in [6, 6.07) is 0.0118. The highest BCUT2D eigenvalue weighted by Gasteiger charge is 2.29. The van der Waals surface area contributed by atoms with Gasteiger partial charge in [0.25, 0.3) is 0 Å². The van der Waals surface area contributed by atoms with Crippen molar-refractivity contribution < 1.29 is 9.59 Å². The first kappa shape index (κ1) is 12.3. The summed E-state index contributed by atoms with van der Waals surface area (Å²) >= 11 is 0. The van der Waals surface area contributed by atoms with Gasteiger partial charge in [0, 0.05) is 26.2 Å². The van der Waals surface area contributed by atoms with Crippen LogP contribution in [0.4, 0.5) is 0 Å². The zero-order chi connectivity index (χ0) is 12.3. The second-order valence-electron chi connectivity index (χ2n) is 4.72. The molecule has 1 unspecified atom stereocenters. The molecule has 1 atom stereocenters. The van der Waals surface area contributed by atoms with Crippen LogP contribution in [0.2, 0.25) is 0 Å². The highest BCUT2D eigenvalue weighted by Crippen LogP contribution is 2.10. The Labute approximate surface area is 101 Å². The SMILES string of the molecule is NC(=O)CN1CCN(C(=O)C2CCCN2)CC1. The second-order valence-corrected chi connectivity index (χ2v) is 4.72. The molecule has 0 saturated carbocycles.